The van der Waals surface area contributed by atoms with Crippen LogP contribution in [0.5, 0.6) is 0 Å². The Labute approximate surface area is 362 Å². The Morgan fingerprint density at radius 3 is 1.61 bits per heavy atom. The van der Waals surface area contributed by atoms with Crippen molar-refractivity contribution in [1.82, 2.24) is 0 Å². The molecule has 0 aliphatic rings. The molecule has 286 valence electrons. The predicted molar refractivity (Wildman–Crippen MR) is 269 cm³/mol. The van der Waals surface area contributed by atoms with Gasteiger partial charge < -0.3 is 0 Å². The van der Waals surface area contributed by atoms with Gasteiger partial charge in [0, 0.05) is 41.1 Å². The van der Waals surface area contributed by atoms with E-state index < -0.39 is 0 Å². The predicted octanol–water partition coefficient (Wildman–Crippen LogP) is 18.0. The maximum absolute atomic E-state index is 4.31. The van der Waals surface area contributed by atoms with Crippen molar-refractivity contribution in [2.75, 3.05) is 0 Å². The molecule has 12 rings (SSSR count). The van der Waals surface area contributed by atoms with E-state index in [2.05, 4.69) is 214 Å². The maximum Gasteiger partial charge on any atom is 0.0368 e. The summed E-state index contributed by atoms with van der Waals surface area (Å²) in [5.74, 6) is 0. The second-order valence-corrected chi connectivity index (χ2v) is 18.3. The van der Waals surface area contributed by atoms with Crippen LogP contribution in [0.25, 0.3) is 125 Å². The van der Waals surface area contributed by atoms with Gasteiger partial charge in [0.2, 0.25) is 0 Å². The average Bonchev–Trinajstić information content (AvgIpc) is 3.86. The fourth-order valence-electron chi connectivity index (χ4n) is 9.88. The van der Waals surface area contributed by atoms with Crippen molar-refractivity contribution in [2.45, 2.75) is 6.92 Å². The number of rotatable bonds is 6. The molecule has 0 bridgehead atoms. The molecular weight excluding hydrogens is 773 g/mol. The van der Waals surface area contributed by atoms with E-state index in [-0.39, 0.29) is 0 Å². The van der Waals surface area contributed by atoms with Crippen molar-refractivity contribution in [1.29, 1.82) is 0 Å². The molecule has 0 N–H and O–H groups in total. The molecular formula is C59H38S2. The van der Waals surface area contributed by atoms with Crippen LogP contribution in [-0.4, -0.2) is 0 Å². The summed E-state index contributed by atoms with van der Waals surface area (Å²) >= 11 is 3.73. The summed E-state index contributed by atoms with van der Waals surface area (Å²) in [4.78, 5) is 2.57. The molecule has 0 saturated heterocycles. The SMILES string of the molecule is C=Cc1sc2cc(-c3ccc(-c4c5ccccc5c(-c5cccc(-c6ccc7ccccc7c6)c5)c5ccccc45)cc3)c3ccccc3c2c1-c1c(C)sc2ccccc12. The molecule has 10 aromatic carbocycles. The van der Waals surface area contributed by atoms with Crippen molar-refractivity contribution < 1.29 is 0 Å². The van der Waals surface area contributed by atoms with E-state index in [1.54, 1.807) is 0 Å². The summed E-state index contributed by atoms with van der Waals surface area (Å²) in [6.45, 7) is 6.57. The zero-order valence-corrected chi connectivity index (χ0v) is 35.2. The summed E-state index contributed by atoms with van der Waals surface area (Å²) < 4.78 is 2.61. The molecule has 61 heavy (non-hydrogen) atoms. The van der Waals surface area contributed by atoms with Gasteiger partial charge in [0.15, 0.2) is 0 Å². The van der Waals surface area contributed by atoms with Gasteiger partial charge >= 0.3 is 0 Å². The highest BCUT2D eigenvalue weighted by Crippen LogP contribution is 2.51. The molecule has 0 aliphatic heterocycles. The average molecular weight is 811 g/mol. The number of fused-ring (bicyclic) bond motifs is 7. The molecule has 0 nitrogen and oxygen atoms in total. The molecule has 0 radical (unpaired) electrons. The number of hydrogen-bond donors (Lipinski definition) is 0. The van der Waals surface area contributed by atoms with E-state index in [1.807, 2.05) is 22.7 Å². The van der Waals surface area contributed by atoms with E-state index in [9.17, 15) is 0 Å². The Kier molecular flexibility index (Phi) is 8.38. The van der Waals surface area contributed by atoms with E-state index in [0.29, 0.717) is 0 Å². The lowest BCUT2D eigenvalue weighted by Crippen LogP contribution is -1.91. The monoisotopic (exact) mass is 810 g/mol. The highest BCUT2D eigenvalue weighted by molar-refractivity contribution is 7.21. The minimum absolute atomic E-state index is 1.21. The second kappa shape index (κ2) is 14.3. The zero-order chi connectivity index (χ0) is 40.6. The lowest BCUT2D eigenvalue weighted by molar-refractivity contribution is 1.62. The van der Waals surface area contributed by atoms with Crippen LogP contribution < -0.4 is 0 Å². The first-order chi connectivity index (χ1) is 30.1. The third-order valence-electron chi connectivity index (χ3n) is 12.6. The number of thiophene rings is 2. The molecule has 2 heteroatoms. The minimum atomic E-state index is 1.21. The van der Waals surface area contributed by atoms with Gasteiger partial charge in [-0.1, -0.05) is 183 Å². The molecule has 0 unspecified atom stereocenters. The first kappa shape index (κ1) is 35.8. The van der Waals surface area contributed by atoms with Gasteiger partial charge in [-0.25, -0.2) is 0 Å². The topological polar surface area (TPSA) is 0 Å². The van der Waals surface area contributed by atoms with Crippen LogP contribution in [0.1, 0.15) is 9.75 Å². The Morgan fingerprint density at radius 2 is 0.902 bits per heavy atom. The molecule has 0 fully saturated rings. The Hall–Kier alpha value is -7.10. The molecule has 2 aromatic heterocycles. The summed E-state index contributed by atoms with van der Waals surface area (Å²) in [5, 5.41) is 12.7. The second-order valence-electron chi connectivity index (χ2n) is 16.0. The Bertz CT molecular complexity index is 3670. The maximum atomic E-state index is 4.31. The highest BCUT2D eigenvalue weighted by atomic mass is 32.1. The van der Waals surface area contributed by atoms with Crippen LogP contribution in [-0.2, 0) is 0 Å². The highest BCUT2D eigenvalue weighted by Gasteiger charge is 2.23. The van der Waals surface area contributed by atoms with Gasteiger partial charge in [0.25, 0.3) is 0 Å². The molecule has 0 amide bonds. The van der Waals surface area contributed by atoms with Gasteiger partial charge in [-0.3, -0.25) is 0 Å². The van der Waals surface area contributed by atoms with E-state index in [0.717, 1.165) is 0 Å². The fourth-order valence-corrected chi connectivity index (χ4v) is 12.1. The van der Waals surface area contributed by atoms with Crippen molar-refractivity contribution in [2.24, 2.45) is 0 Å². The first-order valence-electron chi connectivity index (χ1n) is 20.9. The van der Waals surface area contributed by atoms with Crippen molar-refractivity contribution in [3.63, 3.8) is 0 Å². The third kappa shape index (κ3) is 5.71. The number of benzene rings is 10. The van der Waals surface area contributed by atoms with Gasteiger partial charge in [-0.05, 0) is 119 Å². The zero-order valence-electron chi connectivity index (χ0n) is 33.6. The molecule has 0 atom stereocenters. The van der Waals surface area contributed by atoms with E-state index in [4.69, 9.17) is 0 Å². The lowest BCUT2D eigenvalue weighted by Gasteiger charge is -2.18. The Morgan fingerprint density at radius 1 is 0.361 bits per heavy atom. The summed E-state index contributed by atoms with van der Waals surface area (Å²) in [6.07, 6.45) is 2.05. The number of hydrogen-bond acceptors (Lipinski definition) is 2. The van der Waals surface area contributed by atoms with Crippen molar-refractivity contribution >= 4 is 92.0 Å². The van der Waals surface area contributed by atoms with Gasteiger partial charge in [0.1, 0.15) is 0 Å². The minimum Gasteiger partial charge on any atom is -0.140 e. The van der Waals surface area contributed by atoms with Gasteiger partial charge in [-0.15, -0.1) is 22.7 Å². The molecule has 2 heterocycles. The lowest BCUT2D eigenvalue weighted by atomic mass is 9.85. The third-order valence-corrected chi connectivity index (χ3v) is 14.8. The van der Waals surface area contributed by atoms with Crippen LogP contribution in [0.15, 0.2) is 201 Å². The van der Waals surface area contributed by atoms with Gasteiger partial charge in [-0.2, -0.15) is 0 Å². The number of aryl methyl sites for hydroxylation is 1. The largest absolute Gasteiger partial charge is 0.140 e. The fraction of sp³-hybridized carbons (Fsp3) is 0.0169. The smallest absolute Gasteiger partial charge is 0.0368 e. The first-order valence-corrected chi connectivity index (χ1v) is 22.5. The summed E-state index contributed by atoms with van der Waals surface area (Å²) in [6, 6.07) is 71.9. The molecule has 0 aliphatic carbocycles. The van der Waals surface area contributed by atoms with Crippen molar-refractivity contribution in [3.8, 4) is 55.6 Å². The molecule has 0 saturated carbocycles. The van der Waals surface area contributed by atoms with Gasteiger partial charge in [0.05, 0.1) is 0 Å². The Balaban J connectivity index is 1.00. The van der Waals surface area contributed by atoms with E-state index >= 15 is 0 Å². The van der Waals surface area contributed by atoms with Crippen LogP contribution in [0.3, 0.4) is 0 Å². The van der Waals surface area contributed by atoms with Crippen LogP contribution in [0, 0.1) is 6.92 Å². The van der Waals surface area contributed by atoms with Crippen LogP contribution in [0.4, 0.5) is 0 Å². The van der Waals surface area contributed by atoms with Crippen molar-refractivity contribution in [3.05, 3.63) is 210 Å². The molecule has 0 spiro atoms. The molecule has 12 aromatic rings. The van der Waals surface area contributed by atoms with Crippen LogP contribution in [0.2, 0.25) is 0 Å². The standard InChI is InChI=1S/C59H38S2/c1-3-52-59(55-36(2)60-53-26-13-12-25-50(53)55)58-45-20-7-6-19-44(45)51(35-54(58)61-52)38-28-30-39(31-29-38)56-46-21-8-10-23-48(46)57(49-24-11-9-22-47(49)56)43-18-14-17-41(34-43)42-32-27-37-15-4-5-16-40(37)33-42/h3-35H,1H2,2H3. The normalized spacial score (nSPS) is 11.8. The van der Waals surface area contributed by atoms with Crippen LogP contribution >= 0.6 is 22.7 Å². The quantitative estimate of drug-likeness (QED) is 0.147. The summed E-state index contributed by atoms with van der Waals surface area (Å²) in [7, 11) is 0. The summed E-state index contributed by atoms with van der Waals surface area (Å²) in [5.41, 5.74) is 12.5. The van der Waals surface area contributed by atoms with E-state index in [1.165, 1.54) is 129 Å².